The van der Waals surface area contributed by atoms with E-state index in [2.05, 4.69) is 53.4 Å². The largest absolute Gasteiger partial charge is 0.369 e. The SMILES string of the molecule is CCc1ccc(N(C)Cc2cn(CCN)nn2)cc1. The third-order valence-electron chi connectivity index (χ3n) is 3.13. The van der Waals surface area contributed by atoms with Gasteiger partial charge in [-0.3, -0.25) is 4.68 Å². The molecule has 0 aliphatic rings. The molecule has 0 atom stereocenters. The maximum Gasteiger partial charge on any atom is 0.102 e. The Hall–Kier alpha value is -1.88. The number of rotatable bonds is 6. The molecule has 102 valence electrons. The highest BCUT2D eigenvalue weighted by Gasteiger charge is 2.05. The molecule has 1 aromatic heterocycles. The van der Waals surface area contributed by atoms with E-state index in [0.717, 1.165) is 18.7 Å². The Morgan fingerprint density at radius 1 is 1.26 bits per heavy atom. The molecule has 19 heavy (non-hydrogen) atoms. The minimum absolute atomic E-state index is 0.580. The Morgan fingerprint density at radius 2 is 2.00 bits per heavy atom. The van der Waals surface area contributed by atoms with Crippen molar-refractivity contribution >= 4 is 5.69 Å². The van der Waals surface area contributed by atoms with Crippen LogP contribution in [-0.2, 0) is 19.5 Å². The second kappa shape index (κ2) is 6.33. The van der Waals surface area contributed by atoms with Crippen LogP contribution in [-0.4, -0.2) is 28.6 Å². The standard InChI is InChI=1S/C14H21N5/c1-3-12-4-6-14(7-5-12)18(2)10-13-11-19(9-8-15)17-16-13/h4-7,11H,3,8-10,15H2,1-2H3. The summed E-state index contributed by atoms with van der Waals surface area (Å²) < 4.78 is 1.78. The summed E-state index contributed by atoms with van der Waals surface area (Å²) in [7, 11) is 2.06. The van der Waals surface area contributed by atoms with Gasteiger partial charge < -0.3 is 10.6 Å². The summed E-state index contributed by atoms with van der Waals surface area (Å²) in [6, 6.07) is 8.61. The van der Waals surface area contributed by atoms with E-state index in [1.54, 1.807) is 4.68 Å². The molecule has 0 fully saturated rings. The molecule has 2 rings (SSSR count). The molecule has 0 saturated carbocycles. The molecule has 0 bridgehead atoms. The van der Waals surface area contributed by atoms with Crippen molar-refractivity contribution in [1.29, 1.82) is 0 Å². The van der Waals surface area contributed by atoms with E-state index in [-0.39, 0.29) is 0 Å². The summed E-state index contributed by atoms with van der Waals surface area (Å²) in [6.07, 6.45) is 3.02. The summed E-state index contributed by atoms with van der Waals surface area (Å²) in [5.74, 6) is 0. The lowest BCUT2D eigenvalue weighted by atomic mass is 10.1. The van der Waals surface area contributed by atoms with Gasteiger partial charge in [-0.15, -0.1) is 5.10 Å². The highest BCUT2D eigenvalue weighted by Crippen LogP contribution is 2.15. The number of benzene rings is 1. The van der Waals surface area contributed by atoms with E-state index in [9.17, 15) is 0 Å². The first kappa shape index (κ1) is 13.5. The average Bonchev–Trinajstić information content (AvgIpc) is 2.86. The number of aryl methyl sites for hydroxylation is 1. The number of hydrogen-bond acceptors (Lipinski definition) is 4. The Morgan fingerprint density at radius 3 is 2.63 bits per heavy atom. The van der Waals surface area contributed by atoms with Crippen LogP contribution in [0.15, 0.2) is 30.5 Å². The Balaban J connectivity index is 2.00. The maximum atomic E-state index is 5.49. The number of anilines is 1. The van der Waals surface area contributed by atoms with Crippen molar-refractivity contribution in [3.05, 3.63) is 41.7 Å². The van der Waals surface area contributed by atoms with Crippen LogP contribution in [0.5, 0.6) is 0 Å². The van der Waals surface area contributed by atoms with Gasteiger partial charge in [0.2, 0.25) is 0 Å². The number of hydrogen-bond donors (Lipinski definition) is 1. The minimum Gasteiger partial charge on any atom is -0.369 e. The molecule has 0 aliphatic heterocycles. The van der Waals surface area contributed by atoms with Crippen LogP contribution in [0.4, 0.5) is 5.69 Å². The van der Waals surface area contributed by atoms with Crippen molar-refractivity contribution in [3.8, 4) is 0 Å². The van der Waals surface area contributed by atoms with Crippen molar-refractivity contribution in [2.75, 3.05) is 18.5 Å². The van der Waals surface area contributed by atoms with Crippen LogP contribution in [0.1, 0.15) is 18.2 Å². The van der Waals surface area contributed by atoms with Gasteiger partial charge in [-0.1, -0.05) is 24.3 Å². The zero-order chi connectivity index (χ0) is 13.7. The van der Waals surface area contributed by atoms with Gasteiger partial charge in [0.1, 0.15) is 5.69 Å². The second-order valence-electron chi connectivity index (χ2n) is 4.64. The number of nitrogens with two attached hydrogens (primary N) is 1. The summed E-state index contributed by atoms with van der Waals surface area (Å²) in [5, 5.41) is 8.19. The Bertz CT molecular complexity index is 503. The highest BCUT2D eigenvalue weighted by molar-refractivity contribution is 5.47. The summed E-state index contributed by atoms with van der Waals surface area (Å²) in [4.78, 5) is 2.16. The molecule has 0 aliphatic carbocycles. The third kappa shape index (κ3) is 3.54. The monoisotopic (exact) mass is 259 g/mol. The molecular formula is C14H21N5. The van der Waals surface area contributed by atoms with Gasteiger partial charge in [-0.25, -0.2) is 0 Å². The van der Waals surface area contributed by atoms with Crippen molar-refractivity contribution < 1.29 is 0 Å². The van der Waals surface area contributed by atoms with Crippen molar-refractivity contribution in [2.45, 2.75) is 26.4 Å². The van der Waals surface area contributed by atoms with E-state index in [1.807, 2.05) is 6.20 Å². The minimum atomic E-state index is 0.580. The quantitative estimate of drug-likeness (QED) is 0.852. The first-order chi connectivity index (χ1) is 9.22. The van der Waals surface area contributed by atoms with Crippen molar-refractivity contribution in [1.82, 2.24) is 15.0 Å². The van der Waals surface area contributed by atoms with Crippen LogP contribution in [0.25, 0.3) is 0 Å². The highest BCUT2D eigenvalue weighted by atomic mass is 15.4. The first-order valence-electron chi connectivity index (χ1n) is 6.62. The van der Waals surface area contributed by atoms with E-state index < -0.39 is 0 Å². The average molecular weight is 259 g/mol. The Labute approximate surface area is 114 Å². The fraction of sp³-hybridized carbons (Fsp3) is 0.429. The Kier molecular flexibility index (Phi) is 4.52. The predicted molar refractivity (Wildman–Crippen MR) is 77.0 cm³/mol. The molecule has 0 amide bonds. The topological polar surface area (TPSA) is 60.0 Å². The van der Waals surface area contributed by atoms with Crippen molar-refractivity contribution in [2.24, 2.45) is 5.73 Å². The predicted octanol–water partition coefficient (Wildman–Crippen LogP) is 1.44. The van der Waals surface area contributed by atoms with E-state index in [0.29, 0.717) is 13.1 Å². The fourth-order valence-electron chi connectivity index (χ4n) is 1.97. The van der Waals surface area contributed by atoms with Gasteiger partial charge in [0, 0.05) is 19.3 Å². The molecule has 1 aromatic carbocycles. The number of nitrogens with zero attached hydrogens (tertiary/aromatic N) is 4. The zero-order valence-corrected chi connectivity index (χ0v) is 11.6. The van der Waals surface area contributed by atoms with E-state index in [4.69, 9.17) is 5.73 Å². The maximum absolute atomic E-state index is 5.49. The molecule has 0 radical (unpaired) electrons. The van der Waals surface area contributed by atoms with Gasteiger partial charge in [0.15, 0.2) is 0 Å². The number of aromatic nitrogens is 3. The third-order valence-corrected chi connectivity index (χ3v) is 3.13. The van der Waals surface area contributed by atoms with Gasteiger partial charge in [-0.05, 0) is 24.1 Å². The van der Waals surface area contributed by atoms with E-state index in [1.165, 1.54) is 11.3 Å². The molecule has 5 heteroatoms. The van der Waals surface area contributed by atoms with Crippen LogP contribution in [0.2, 0.25) is 0 Å². The van der Waals surface area contributed by atoms with Gasteiger partial charge in [0.05, 0.1) is 19.3 Å². The zero-order valence-electron chi connectivity index (χ0n) is 11.6. The summed E-state index contributed by atoms with van der Waals surface area (Å²) in [5.41, 5.74) is 8.98. The fourth-order valence-corrected chi connectivity index (χ4v) is 1.97. The molecule has 1 heterocycles. The molecule has 2 N–H and O–H groups in total. The van der Waals surface area contributed by atoms with Crippen molar-refractivity contribution in [3.63, 3.8) is 0 Å². The molecule has 2 aromatic rings. The lowest BCUT2D eigenvalue weighted by molar-refractivity contribution is 0.598. The van der Waals surface area contributed by atoms with Gasteiger partial charge >= 0.3 is 0 Å². The van der Waals surface area contributed by atoms with E-state index >= 15 is 0 Å². The van der Waals surface area contributed by atoms with Crippen LogP contribution < -0.4 is 10.6 Å². The van der Waals surface area contributed by atoms with Gasteiger partial charge in [0.25, 0.3) is 0 Å². The normalized spacial score (nSPS) is 10.7. The van der Waals surface area contributed by atoms with Crippen LogP contribution in [0.3, 0.4) is 0 Å². The molecular weight excluding hydrogens is 238 g/mol. The molecule has 0 spiro atoms. The second-order valence-corrected chi connectivity index (χ2v) is 4.64. The lowest BCUT2D eigenvalue weighted by Crippen LogP contribution is -2.16. The molecule has 5 nitrogen and oxygen atoms in total. The summed E-state index contributed by atoms with van der Waals surface area (Å²) >= 11 is 0. The van der Waals surface area contributed by atoms with Crippen LogP contribution >= 0.6 is 0 Å². The smallest absolute Gasteiger partial charge is 0.102 e. The molecule has 0 saturated heterocycles. The van der Waals surface area contributed by atoms with Crippen LogP contribution in [0, 0.1) is 0 Å². The molecule has 0 unspecified atom stereocenters. The summed E-state index contributed by atoms with van der Waals surface area (Å²) in [6.45, 7) is 4.20. The lowest BCUT2D eigenvalue weighted by Gasteiger charge is -2.18. The first-order valence-corrected chi connectivity index (χ1v) is 6.62. The van der Waals surface area contributed by atoms with Gasteiger partial charge in [-0.2, -0.15) is 0 Å².